The van der Waals surface area contributed by atoms with Crippen molar-refractivity contribution < 1.29 is 14.6 Å². The van der Waals surface area contributed by atoms with Crippen LogP contribution in [0.25, 0.3) is 0 Å². The first kappa shape index (κ1) is 11.5. The Morgan fingerprint density at radius 1 is 1.50 bits per heavy atom. The summed E-state index contributed by atoms with van der Waals surface area (Å²) < 4.78 is 5.37. The van der Waals surface area contributed by atoms with Crippen LogP contribution in [-0.4, -0.2) is 23.8 Å². The molecule has 0 aromatic rings. The van der Waals surface area contributed by atoms with Gasteiger partial charge in [0.15, 0.2) is 0 Å². The second-order valence-corrected chi connectivity index (χ2v) is 3.96. The molecule has 1 aliphatic rings. The Bertz CT molecular complexity index is 173. The van der Waals surface area contributed by atoms with Crippen LogP contribution in [0.2, 0.25) is 0 Å². The average Bonchev–Trinajstić information content (AvgIpc) is 2.66. The van der Waals surface area contributed by atoms with E-state index in [2.05, 4.69) is 0 Å². The number of hydrogen-bond donors (Lipinski definition) is 1. The van der Waals surface area contributed by atoms with E-state index in [1.165, 1.54) is 12.8 Å². The van der Waals surface area contributed by atoms with Gasteiger partial charge in [-0.05, 0) is 38.5 Å². The fourth-order valence-electron chi connectivity index (χ4n) is 1.91. The maximum absolute atomic E-state index is 11.6. The standard InChI is InChI=1S/C11H20O3/c1-2-9(7-8-12)11(13)14-10-5-3-4-6-10/h9-10,12H,2-8H2,1H3/t9-/m1/s1. The van der Waals surface area contributed by atoms with Gasteiger partial charge < -0.3 is 9.84 Å². The SMILES string of the molecule is CC[C@H](CCO)C(=O)OC1CCCC1. The largest absolute Gasteiger partial charge is 0.462 e. The first-order chi connectivity index (χ1) is 6.77. The van der Waals surface area contributed by atoms with Crippen molar-refractivity contribution in [3.05, 3.63) is 0 Å². The topological polar surface area (TPSA) is 46.5 Å². The maximum atomic E-state index is 11.6. The van der Waals surface area contributed by atoms with E-state index in [1.807, 2.05) is 6.92 Å². The Hall–Kier alpha value is -0.570. The zero-order valence-electron chi connectivity index (χ0n) is 8.87. The van der Waals surface area contributed by atoms with Crippen molar-refractivity contribution in [2.45, 2.75) is 51.6 Å². The molecule has 0 aromatic carbocycles. The molecule has 0 spiro atoms. The van der Waals surface area contributed by atoms with Crippen LogP contribution in [0.4, 0.5) is 0 Å². The van der Waals surface area contributed by atoms with Gasteiger partial charge in [-0.15, -0.1) is 0 Å². The minimum Gasteiger partial charge on any atom is -0.462 e. The molecule has 0 unspecified atom stereocenters. The third-order valence-electron chi connectivity index (χ3n) is 2.89. The number of carbonyl (C=O) groups excluding carboxylic acids is 1. The Kier molecular flexibility index (Phi) is 4.94. The molecule has 0 saturated heterocycles. The van der Waals surface area contributed by atoms with Gasteiger partial charge in [-0.3, -0.25) is 4.79 Å². The second kappa shape index (κ2) is 6.02. The van der Waals surface area contributed by atoms with E-state index in [0.29, 0.717) is 6.42 Å². The molecule has 0 aromatic heterocycles. The fraction of sp³-hybridized carbons (Fsp3) is 0.909. The highest BCUT2D eigenvalue weighted by Gasteiger charge is 2.23. The fourth-order valence-corrected chi connectivity index (χ4v) is 1.91. The maximum Gasteiger partial charge on any atom is 0.309 e. The molecular weight excluding hydrogens is 180 g/mol. The number of carbonyl (C=O) groups is 1. The van der Waals surface area contributed by atoms with E-state index in [4.69, 9.17) is 9.84 Å². The predicted molar refractivity (Wildman–Crippen MR) is 53.8 cm³/mol. The molecule has 1 rings (SSSR count). The van der Waals surface area contributed by atoms with Crippen LogP contribution >= 0.6 is 0 Å². The molecule has 0 amide bonds. The van der Waals surface area contributed by atoms with Gasteiger partial charge in [-0.2, -0.15) is 0 Å². The molecule has 82 valence electrons. The van der Waals surface area contributed by atoms with E-state index in [0.717, 1.165) is 19.3 Å². The lowest BCUT2D eigenvalue weighted by Crippen LogP contribution is -2.23. The van der Waals surface area contributed by atoms with Crippen LogP contribution in [0.5, 0.6) is 0 Å². The first-order valence-corrected chi connectivity index (χ1v) is 5.59. The summed E-state index contributed by atoms with van der Waals surface area (Å²) in [5.41, 5.74) is 0. The molecule has 0 heterocycles. The van der Waals surface area contributed by atoms with E-state index < -0.39 is 0 Å². The van der Waals surface area contributed by atoms with Crippen LogP contribution in [0.3, 0.4) is 0 Å². The summed E-state index contributed by atoms with van der Waals surface area (Å²) in [6.07, 6.45) is 5.82. The zero-order valence-corrected chi connectivity index (χ0v) is 8.87. The highest BCUT2D eigenvalue weighted by atomic mass is 16.5. The van der Waals surface area contributed by atoms with Gasteiger partial charge in [-0.25, -0.2) is 0 Å². The third-order valence-corrected chi connectivity index (χ3v) is 2.89. The quantitative estimate of drug-likeness (QED) is 0.689. The smallest absolute Gasteiger partial charge is 0.309 e. The zero-order chi connectivity index (χ0) is 10.4. The monoisotopic (exact) mass is 200 g/mol. The van der Waals surface area contributed by atoms with Gasteiger partial charge in [0.1, 0.15) is 6.10 Å². The van der Waals surface area contributed by atoms with Crippen molar-refractivity contribution in [2.24, 2.45) is 5.92 Å². The Balaban J connectivity index is 2.30. The van der Waals surface area contributed by atoms with Crippen molar-refractivity contribution in [1.82, 2.24) is 0 Å². The Morgan fingerprint density at radius 3 is 2.64 bits per heavy atom. The summed E-state index contributed by atoms with van der Waals surface area (Å²) in [5, 5.41) is 8.77. The van der Waals surface area contributed by atoms with Crippen LogP contribution in [0.1, 0.15) is 45.4 Å². The number of aliphatic hydroxyl groups excluding tert-OH is 1. The molecule has 3 heteroatoms. The van der Waals surface area contributed by atoms with Crippen molar-refractivity contribution in [1.29, 1.82) is 0 Å². The summed E-state index contributed by atoms with van der Waals surface area (Å²) >= 11 is 0. The van der Waals surface area contributed by atoms with Crippen molar-refractivity contribution >= 4 is 5.97 Å². The van der Waals surface area contributed by atoms with Crippen LogP contribution in [-0.2, 0) is 9.53 Å². The second-order valence-electron chi connectivity index (χ2n) is 3.96. The predicted octanol–water partition coefficient (Wildman–Crippen LogP) is 1.88. The average molecular weight is 200 g/mol. The molecule has 1 N–H and O–H groups in total. The highest BCUT2D eigenvalue weighted by Crippen LogP contribution is 2.23. The minimum atomic E-state index is -0.117. The van der Waals surface area contributed by atoms with Gasteiger partial charge in [0.2, 0.25) is 0 Å². The first-order valence-electron chi connectivity index (χ1n) is 5.59. The van der Waals surface area contributed by atoms with Crippen molar-refractivity contribution in [3.63, 3.8) is 0 Å². The van der Waals surface area contributed by atoms with Gasteiger partial charge in [0.25, 0.3) is 0 Å². The molecule has 14 heavy (non-hydrogen) atoms. The number of ether oxygens (including phenoxy) is 1. The van der Waals surface area contributed by atoms with E-state index in [9.17, 15) is 4.79 Å². The van der Waals surface area contributed by atoms with Gasteiger partial charge in [0.05, 0.1) is 5.92 Å². The lowest BCUT2D eigenvalue weighted by molar-refractivity contribution is -0.154. The van der Waals surface area contributed by atoms with Crippen LogP contribution < -0.4 is 0 Å². The van der Waals surface area contributed by atoms with E-state index in [-0.39, 0.29) is 24.6 Å². The van der Waals surface area contributed by atoms with Gasteiger partial charge in [0, 0.05) is 6.61 Å². The molecule has 1 saturated carbocycles. The Labute approximate surface area is 85.5 Å². The lowest BCUT2D eigenvalue weighted by Gasteiger charge is -2.16. The number of hydrogen-bond acceptors (Lipinski definition) is 3. The van der Waals surface area contributed by atoms with E-state index >= 15 is 0 Å². The molecule has 1 atom stereocenters. The van der Waals surface area contributed by atoms with Crippen LogP contribution in [0.15, 0.2) is 0 Å². The number of esters is 1. The van der Waals surface area contributed by atoms with Crippen molar-refractivity contribution in [3.8, 4) is 0 Å². The van der Waals surface area contributed by atoms with E-state index in [1.54, 1.807) is 0 Å². The number of aliphatic hydroxyl groups is 1. The highest BCUT2D eigenvalue weighted by molar-refractivity contribution is 5.72. The molecule has 1 aliphatic carbocycles. The minimum absolute atomic E-state index is 0.0677. The molecule has 1 fully saturated rings. The van der Waals surface area contributed by atoms with Crippen LogP contribution in [0, 0.1) is 5.92 Å². The summed E-state index contributed by atoms with van der Waals surface area (Å²) in [7, 11) is 0. The molecule has 0 radical (unpaired) electrons. The lowest BCUT2D eigenvalue weighted by atomic mass is 10.0. The molecule has 3 nitrogen and oxygen atoms in total. The Morgan fingerprint density at radius 2 is 2.14 bits per heavy atom. The summed E-state index contributed by atoms with van der Waals surface area (Å²) in [6, 6.07) is 0. The van der Waals surface area contributed by atoms with Gasteiger partial charge >= 0.3 is 5.97 Å². The number of rotatable bonds is 5. The molecule has 0 bridgehead atoms. The summed E-state index contributed by atoms with van der Waals surface area (Å²) in [4.78, 5) is 11.6. The van der Waals surface area contributed by atoms with Gasteiger partial charge in [-0.1, -0.05) is 6.92 Å². The summed E-state index contributed by atoms with van der Waals surface area (Å²) in [5.74, 6) is -0.228. The summed E-state index contributed by atoms with van der Waals surface area (Å²) in [6.45, 7) is 2.02. The normalized spacial score (nSPS) is 19.6. The molecular formula is C11H20O3. The molecule has 0 aliphatic heterocycles. The van der Waals surface area contributed by atoms with Crippen molar-refractivity contribution in [2.75, 3.05) is 6.61 Å². The third kappa shape index (κ3) is 3.29.